The van der Waals surface area contributed by atoms with Crippen molar-refractivity contribution in [2.24, 2.45) is 0 Å². The van der Waals surface area contributed by atoms with Gasteiger partial charge in [-0.05, 0) is 24.6 Å². The zero-order chi connectivity index (χ0) is 10.6. The van der Waals surface area contributed by atoms with Crippen molar-refractivity contribution in [2.75, 3.05) is 14.2 Å². The molecule has 0 atom stereocenters. The first-order valence-electron chi connectivity index (χ1n) is 4.30. The van der Waals surface area contributed by atoms with Crippen LogP contribution in [0.4, 0.5) is 0 Å². The van der Waals surface area contributed by atoms with Crippen LogP contribution < -0.4 is 9.47 Å². The van der Waals surface area contributed by atoms with E-state index in [2.05, 4.69) is 0 Å². The van der Waals surface area contributed by atoms with Gasteiger partial charge in [0, 0.05) is 0 Å². The highest BCUT2D eigenvalue weighted by atomic mass is 16.5. The summed E-state index contributed by atoms with van der Waals surface area (Å²) < 4.78 is 10.0. The van der Waals surface area contributed by atoms with Crippen molar-refractivity contribution < 1.29 is 14.6 Å². The summed E-state index contributed by atoms with van der Waals surface area (Å²) in [6, 6.07) is 3.50. The van der Waals surface area contributed by atoms with Gasteiger partial charge in [0.1, 0.15) is 0 Å². The molecule has 76 valence electrons. The molecule has 0 amide bonds. The Morgan fingerprint density at radius 2 is 1.64 bits per heavy atom. The summed E-state index contributed by atoms with van der Waals surface area (Å²) in [6.07, 6.45) is 3.82. The van der Waals surface area contributed by atoms with E-state index in [1.54, 1.807) is 12.1 Å². The number of allylic oxidation sites excluding steroid dienone is 1. The molecule has 0 aliphatic rings. The summed E-state index contributed by atoms with van der Waals surface area (Å²) in [6.45, 7) is 1.92. The predicted octanol–water partition coefficient (Wildman–Crippen LogP) is 2.44. The van der Waals surface area contributed by atoms with E-state index in [0.717, 1.165) is 5.56 Å². The summed E-state index contributed by atoms with van der Waals surface area (Å²) >= 11 is 0. The quantitative estimate of drug-likeness (QED) is 0.803. The molecule has 3 heteroatoms. The van der Waals surface area contributed by atoms with Crippen LogP contribution in [0.2, 0.25) is 0 Å². The normalized spacial score (nSPS) is 10.5. The van der Waals surface area contributed by atoms with Gasteiger partial charge >= 0.3 is 0 Å². The SMILES string of the molecule is C/C=C/c1cc(OC)c(O)c(OC)c1. The lowest BCUT2D eigenvalue weighted by atomic mass is 10.1. The van der Waals surface area contributed by atoms with Crippen molar-refractivity contribution in [3.63, 3.8) is 0 Å². The maximum atomic E-state index is 9.61. The van der Waals surface area contributed by atoms with Gasteiger partial charge in [-0.15, -0.1) is 0 Å². The second-order valence-electron chi connectivity index (χ2n) is 2.77. The van der Waals surface area contributed by atoms with Crippen molar-refractivity contribution in [3.8, 4) is 17.2 Å². The van der Waals surface area contributed by atoms with E-state index in [1.165, 1.54) is 14.2 Å². The Morgan fingerprint density at radius 1 is 1.14 bits per heavy atom. The predicted molar refractivity (Wildman–Crippen MR) is 55.9 cm³/mol. The van der Waals surface area contributed by atoms with Gasteiger partial charge in [0.15, 0.2) is 11.5 Å². The number of phenols is 1. The molecule has 14 heavy (non-hydrogen) atoms. The highest BCUT2D eigenvalue weighted by molar-refractivity contribution is 5.61. The summed E-state index contributed by atoms with van der Waals surface area (Å²) in [5.41, 5.74) is 0.930. The van der Waals surface area contributed by atoms with Crippen molar-refractivity contribution in [2.45, 2.75) is 6.92 Å². The Labute approximate surface area is 83.6 Å². The van der Waals surface area contributed by atoms with Crippen LogP contribution in [0.15, 0.2) is 18.2 Å². The summed E-state index contributed by atoms with van der Waals surface area (Å²) in [5.74, 6) is 0.859. The molecule has 0 bridgehead atoms. The van der Waals surface area contributed by atoms with Crippen LogP contribution in [0.25, 0.3) is 6.08 Å². The first-order valence-corrected chi connectivity index (χ1v) is 4.30. The maximum Gasteiger partial charge on any atom is 0.200 e. The average Bonchev–Trinajstić information content (AvgIpc) is 2.20. The van der Waals surface area contributed by atoms with Gasteiger partial charge in [0.05, 0.1) is 14.2 Å². The molecule has 0 spiro atoms. The summed E-state index contributed by atoms with van der Waals surface area (Å²) in [5, 5.41) is 9.61. The monoisotopic (exact) mass is 194 g/mol. The van der Waals surface area contributed by atoms with E-state index >= 15 is 0 Å². The van der Waals surface area contributed by atoms with Crippen LogP contribution in [0, 0.1) is 0 Å². The average molecular weight is 194 g/mol. The Morgan fingerprint density at radius 3 is 2.00 bits per heavy atom. The third-order valence-electron chi connectivity index (χ3n) is 1.86. The zero-order valence-corrected chi connectivity index (χ0v) is 8.57. The topological polar surface area (TPSA) is 38.7 Å². The fourth-order valence-electron chi connectivity index (χ4n) is 1.20. The number of phenolic OH excluding ortho intramolecular Hbond substituents is 1. The van der Waals surface area contributed by atoms with Gasteiger partial charge < -0.3 is 14.6 Å². The highest BCUT2D eigenvalue weighted by Crippen LogP contribution is 2.37. The number of rotatable bonds is 3. The van der Waals surface area contributed by atoms with E-state index < -0.39 is 0 Å². The van der Waals surface area contributed by atoms with Crippen LogP contribution in [-0.4, -0.2) is 19.3 Å². The lowest BCUT2D eigenvalue weighted by Crippen LogP contribution is -1.89. The standard InChI is InChI=1S/C11H14O3/c1-4-5-8-6-9(13-2)11(12)10(7-8)14-3/h4-7,12H,1-3H3/b5-4+. The molecule has 1 N–H and O–H groups in total. The van der Waals surface area contributed by atoms with Gasteiger partial charge in [-0.25, -0.2) is 0 Å². The van der Waals surface area contributed by atoms with E-state index in [-0.39, 0.29) is 5.75 Å². The molecule has 3 nitrogen and oxygen atoms in total. The van der Waals surface area contributed by atoms with Crippen molar-refractivity contribution >= 4 is 6.08 Å². The molecule has 1 aromatic rings. The molecule has 0 aliphatic carbocycles. The van der Waals surface area contributed by atoms with E-state index in [4.69, 9.17) is 9.47 Å². The second-order valence-corrected chi connectivity index (χ2v) is 2.77. The molecule has 0 saturated heterocycles. The molecule has 0 aromatic heterocycles. The minimum atomic E-state index is 0.0308. The molecule has 0 unspecified atom stereocenters. The smallest absolute Gasteiger partial charge is 0.200 e. The van der Waals surface area contributed by atoms with Gasteiger partial charge in [-0.3, -0.25) is 0 Å². The molecule has 0 aliphatic heterocycles. The molecule has 1 aromatic carbocycles. The number of ether oxygens (including phenoxy) is 2. The van der Waals surface area contributed by atoms with Crippen LogP contribution in [0.3, 0.4) is 0 Å². The lowest BCUT2D eigenvalue weighted by molar-refractivity contribution is 0.340. The van der Waals surface area contributed by atoms with Gasteiger partial charge in [-0.1, -0.05) is 12.2 Å². The zero-order valence-electron chi connectivity index (χ0n) is 8.57. The molecular formula is C11H14O3. The van der Waals surface area contributed by atoms with E-state index in [0.29, 0.717) is 11.5 Å². The van der Waals surface area contributed by atoms with Crippen molar-refractivity contribution in [1.82, 2.24) is 0 Å². The minimum absolute atomic E-state index is 0.0308. The lowest BCUT2D eigenvalue weighted by Gasteiger charge is -2.09. The fraction of sp³-hybridized carbons (Fsp3) is 0.273. The van der Waals surface area contributed by atoms with Gasteiger partial charge in [-0.2, -0.15) is 0 Å². The largest absolute Gasteiger partial charge is 0.502 e. The Balaban J connectivity index is 3.24. The maximum absolute atomic E-state index is 9.61. The first-order chi connectivity index (χ1) is 6.72. The molecular weight excluding hydrogens is 180 g/mol. The number of hydrogen-bond acceptors (Lipinski definition) is 3. The number of benzene rings is 1. The minimum Gasteiger partial charge on any atom is -0.502 e. The molecule has 1 rings (SSSR count). The molecule has 0 saturated carbocycles. The summed E-state index contributed by atoms with van der Waals surface area (Å²) in [7, 11) is 3.02. The number of methoxy groups -OCH3 is 2. The Bertz CT molecular complexity index is 317. The second kappa shape index (κ2) is 4.56. The van der Waals surface area contributed by atoms with Crippen molar-refractivity contribution in [3.05, 3.63) is 23.8 Å². The van der Waals surface area contributed by atoms with E-state index in [1.807, 2.05) is 19.1 Å². The summed E-state index contributed by atoms with van der Waals surface area (Å²) in [4.78, 5) is 0. The molecule has 0 fully saturated rings. The van der Waals surface area contributed by atoms with Crippen LogP contribution in [0.5, 0.6) is 17.2 Å². The third kappa shape index (κ3) is 1.99. The van der Waals surface area contributed by atoms with Crippen LogP contribution in [0.1, 0.15) is 12.5 Å². The fourth-order valence-corrected chi connectivity index (χ4v) is 1.20. The Kier molecular flexibility index (Phi) is 3.40. The van der Waals surface area contributed by atoms with Crippen molar-refractivity contribution in [1.29, 1.82) is 0 Å². The first kappa shape index (κ1) is 10.4. The van der Waals surface area contributed by atoms with Gasteiger partial charge in [0.25, 0.3) is 0 Å². The number of aromatic hydroxyl groups is 1. The number of hydrogen-bond donors (Lipinski definition) is 1. The highest BCUT2D eigenvalue weighted by Gasteiger charge is 2.09. The van der Waals surface area contributed by atoms with Gasteiger partial charge in [0.2, 0.25) is 5.75 Å². The van der Waals surface area contributed by atoms with Crippen LogP contribution >= 0.6 is 0 Å². The third-order valence-corrected chi connectivity index (χ3v) is 1.86. The van der Waals surface area contributed by atoms with E-state index in [9.17, 15) is 5.11 Å². The molecule has 0 heterocycles. The van der Waals surface area contributed by atoms with Crippen LogP contribution in [-0.2, 0) is 0 Å². The molecule has 0 radical (unpaired) electrons. The Hall–Kier alpha value is -1.64.